The Kier molecular flexibility index (Phi) is 27.9. The number of nitro benzene ring substituents is 2. The lowest BCUT2D eigenvalue weighted by atomic mass is 9.91. The summed E-state index contributed by atoms with van der Waals surface area (Å²) in [5.41, 5.74) is 3.47. The van der Waals surface area contributed by atoms with Crippen LogP contribution in [0.15, 0.2) is 244 Å². The SMILES string of the molecule is COc1ccc(C2N(c3ccc(N4CCN(c5ccc(OC[C@H]6OC[C@](Cn7cncn7)(c7ccc(F)cc7F)O6)cc5)CC4)cc3)C(=O)N(C(C)C)C2(Cc2cc([N+](=O)[O-])ccc2OC(=O)Oc2ccc([N+](=O)[O-])cc2CC2(SC)C(c3ccc(OC)cc3)N(c3ccc(N4CCN(c5ccc(OC[C@H]6OC[C@](Cn7cncn7)(c7ccc(F)cc7F)O6)cc5)CC4)cc3)C(=O)N2C(C)C)SC)cc1. The van der Waals surface area contributed by atoms with Gasteiger partial charge in [0.25, 0.3) is 11.4 Å². The summed E-state index contributed by atoms with van der Waals surface area (Å²) in [6.07, 6.45) is 6.01. The zero-order chi connectivity index (χ0) is 97.9. The summed E-state index contributed by atoms with van der Waals surface area (Å²) < 4.78 is 123. The number of carbonyl (C=O) groups is 3. The molecule has 8 heterocycles. The molecule has 8 atom stereocenters. The maximum atomic E-state index is 15.9. The van der Waals surface area contributed by atoms with E-state index in [1.807, 2.05) is 162 Å². The Labute approximate surface area is 812 Å². The first-order valence-electron chi connectivity index (χ1n) is 45.6. The van der Waals surface area contributed by atoms with Crippen molar-refractivity contribution in [2.75, 3.05) is 135 Å². The normalized spacial score (nSPS) is 21.6. The summed E-state index contributed by atoms with van der Waals surface area (Å²) >= 11 is 2.71. The molecule has 33 nitrogen and oxygen atoms in total. The standard InChI is InChI=1S/C101H102F4N16O17S2/c1-65(2)118-95(122)116(77-19-15-73(16-20-77)110-41-45-112(46-42-110)75-23-33-83(34-24-75)131-55-91-133-59-98(137-91,57-114-63-106-61-108-114)85-37-13-71(102)51-87(85)104)93(67-9-29-81(129-5)30-10-67)100(118,139-7)53-69-49-79(120(125)126)27-39-89(69)135-97(124)136-90-40-28-80(121(127)128)50-70(90)54-101(140-8)94(68-11-31-82(130-6)32-12-68)117(96(123)119(101)66(3)4)78-21-17-74(18-22-78)111-43-47-113(48-44-111)76-25-35-84(36-26-76)132-56-92-134-60-99(138-92,58-115-64-107-62-109-115)86-38-14-72(103)52-88(86)105/h9-40,49-52,61-66,91-94H,41-48,53-60H2,1-8H3/t91-,92-,93?,94?,98+,99+,100?,101?/m0/s1. The first-order chi connectivity index (χ1) is 67.7. The van der Waals surface area contributed by atoms with E-state index in [9.17, 15) is 29.0 Å². The number of rotatable bonds is 34. The Balaban J connectivity index is 0.558. The third-order valence-electron chi connectivity index (χ3n) is 26.4. The summed E-state index contributed by atoms with van der Waals surface area (Å²) in [6.45, 7) is 12.8. The number of urea groups is 2. The number of amides is 4. The molecule has 0 N–H and O–H groups in total. The van der Waals surface area contributed by atoms with Crippen molar-refractivity contribution < 1.29 is 89.2 Å². The molecule has 18 rings (SSSR count). The highest BCUT2D eigenvalue weighted by atomic mass is 32.2. The smallest absolute Gasteiger partial charge is 0.497 e. The van der Waals surface area contributed by atoms with Crippen LogP contribution in [-0.4, -0.2) is 207 Å². The van der Waals surface area contributed by atoms with Gasteiger partial charge < -0.3 is 76.8 Å². The molecule has 10 aromatic carbocycles. The van der Waals surface area contributed by atoms with Crippen molar-refractivity contribution in [1.82, 2.24) is 39.3 Å². The molecule has 0 spiro atoms. The van der Waals surface area contributed by atoms with E-state index in [0.717, 1.165) is 34.9 Å². The second kappa shape index (κ2) is 40.7. The number of hydrogen-bond donors (Lipinski definition) is 0. The largest absolute Gasteiger partial charge is 0.519 e. The summed E-state index contributed by atoms with van der Waals surface area (Å²) in [5.74, 6) is -1.08. The van der Waals surface area contributed by atoms with Gasteiger partial charge in [-0.1, -0.05) is 36.4 Å². The number of ether oxygens (including phenoxy) is 10. The number of benzene rings is 10. The molecule has 4 amide bonds. The van der Waals surface area contributed by atoms with Crippen molar-refractivity contribution in [1.29, 1.82) is 0 Å². The predicted octanol–water partition coefficient (Wildman–Crippen LogP) is 17.6. The predicted molar refractivity (Wildman–Crippen MR) is 517 cm³/mol. The number of anilines is 6. The summed E-state index contributed by atoms with van der Waals surface area (Å²) in [4.78, 5) is 93.2. The van der Waals surface area contributed by atoms with Crippen LogP contribution in [0.25, 0.3) is 0 Å². The second-order valence-electron chi connectivity index (χ2n) is 35.3. The number of nitrogens with zero attached hydrogens (tertiary/aromatic N) is 16. The van der Waals surface area contributed by atoms with E-state index in [-0.39, 0.29) is 110 Å². The number of hydrogen-bond acceptors (Lipinski definition) is 27. The van der Waals surface area contributed by atoms with Gasteiger partial charge in [-0.25, -0.2) is 51.3 Å². The van der Waals surface area contributed by atoms with Gasteiger partial charge in [0.15, 0.2) is 12.6 Å². The first-order valence-corrected chi connectivity index (χ1v) is 48.0. The fraction of sp³-hybridized carbons (Fsp3) is 0.337. The van der Waals surface area contributed by atoms with Crippen LogP contribution < -0.4 is 57.8 Å². The first kappa shape index (κ1) is 96.0. The minimum absolute atomic E-state index is 0.0209. The number of halogens is 4. The van der Waals surface area contributed by atoms with Crippen molar-refractivity contribution in [3.8, 4) is 34.5 Å². The molecular formula is C101H102F4N16O17S2. The molecule has 2 aromatic heterocycles. The third-order valence-corrected chi connectivity index (χ3v) is 29.0. The molecule has 12 aromatic rings. The number of piperazine rings is 2. The third kappa shape index (κ3) is 19.4. The Morgan fingerprint density at radius 2 is 0.793 bits per heavy atom. The average molecular weight is 1950 g/mol. The fourth-order valence-corrected chi connectivity index (χ4v) is 22.4. The van der Waals surface area contributed by atoms with Gasteiger partial charge in [0, 0.05) is 170 Å². The number of carbonyl (C=O) groups excluding carboxylic acids is 3. The average Bonchev–Trinajstić information content (AvgIpc) is 1.56. The summed E-state index contributed by atoms with van der Waals surface area (Å²) in [7, 11) is 3.10. The van der Waals surface area contributed by atoms with E-state index in [1.54, 1.807) is 58.1 Å². The topological polar surface area (TPSA) is 317 Å². The van der Waals surface area contributed by atoms with Crippen molar-refractivity contribution in [3.05, 3.63) is 321 Å². The lowest BCUT2D eigenvalue weighted by Gasteiger charge is -2.42. The van der Waals surface area contributed by atoms with Crippen molar-refractivity contribution in [3.63, 3.8) is 0 Å². The Hall–Kier alpha value is -14.3. The maximum Gasteiger partial charge on any atom is 0.519 e. The van der Waals surface area contributed by atoms with Crippen LogP contribution >= 0.6 is 23.5 Å². The van der Waals surface area contributed by atoms with Gasteiger partial charge in [0.1, 0.15) is 117 Å². The number of non-ortho nitro benzene ring substituents is 2. The molecule has 728 valence electrons. The number of thioether (sulfide) groups is 2. The molecule has 6 aliphatic heterocycles. The molecular weight excluding hydrogens is 1850 g/mol. The van der Waals surface area contributed by atoms with Gasteiger partial charge in [0.2, 0.25) is 0 Å². The minimum atomic E-state index is -1.33. The highest BCUT2D eigenvalue weighted by Gasteiger charge is 2.62. The van der Waals surface area contributed by atoms with Crippen LogP contribution in [0.5, 0.6) is 34.5 Å². The molecule has 4 unspecified atom stereocenters. The molecule has 140 heavy (non-hydrogen) atoms. The number of aromatic nitrogens is 6. The van der Waals surface area contributed by atoms with Crippen LogP contribution in [0, 0.1) is 43.5 Å². The van der Waals surface area contributed by atoms with Gasteiger partial charge in [0.05, 0.1) is 62.5 Å². The molecule has 0 saturated carbocycles. The van der Waals surface area contributed by atoms with Crippen molar-refractivity contribution in [2.45, 2.75) is 111 Å². The molecule has 0 radical (unpaired) electrons. The Bertz CT molecular complexity index is 6060. The van der Waals surface area contributed by atoms with E-state index in [0.29, 0.717) is 97.9 Å². The van der Waals surface area contributed by atoms with Crippen LogP contribution in [-0.2, 0) is 56.1 Å². The van der Waals surface area contributed by atoms with Gasteiger partial charge in [-0.2, -0.15) is 10.2 Å². The molecule has 0 bridgehead atoms. The van der Waals surface area contributed by atoms with Gasteiger partial charge >= 0.3 is 18.2 Å². The van der Waals surface area contributed by atoms with Crippen molar-refractivity contribution in [2.24, 2.45) is 0 Å². The highest BCUT2D eigenvalue weighted by Crippen LogP contribution is 2.58. The number of methoxy groups -OCH3 is 2. The molecule has 6 saturated heterocycles. The minimum Gasteiger partial charge on any atom is -0.497 e. The Morgan fingerprint density at radius 1 is 0.457 bits per heavy atom. The van der Waals surface area contributed by atoms with E-state index < -0.39 is 97.0 Å². The lowest BCUT2D eigenvalue weighted by Crippen LogP contribution is -2.50. The van der Waals surface area contributed by atoms with Crippen LogP contribution in [0.2, 0.25) is 0 Å². The molecule has 6 fully saturated rings. The Morgan fingerprint density at radius 3 is 1.10 bits per heavy atom. The quantitative estimate of drug-likeness (QED) is 0.0119. The van der Waals surface area contributed by atoms with Crippen molar-refractivity contribution >= 4 is 87.2 Å². The lowest BCUT2D eigenvalue weighted by molar-refractivity contribution is -0.385. The van der Waals surface area contributed by atoms with Crippen LogP contribution in [0.3, 0.4) is 0 Å². The zero-order valence-corrected chi connectivity index (χ0v) is 79.4. The second-order valence-corrected chi connectivity index (χ2v) is 37.5. The monoisotopic (exact) mass is 1950 g/mol. The van der Waals surface area contributed by atoms with E-state index in [4.69, 9.17) is 47.4 Å². The summed E-state index contributed by atoms with van der Waals surface area (Å²) in [6, 6.07) is 56.5. The molecule has 39 heteroatoms. The maximum absolute atomic E-state index is 15.9. The van der Waals surface area contributed by atoms with Crippen LogP contribution in [0.1, 0.15) is 73.2 Å². The highest BCUT2D eigenvalue weighted by molar-refractivity contribution is 8.00. The van der Waals surface area contributed by atoms with E-state index >= 15 is 23.2 Å². The summed E-state index contributed by atoms with van der Waals surface area (Å²) in [5, 5.41) is 34.4. The zero-order valence-electron chi connectivity index (χ0n) is 77.8. The van der Waals surface area contributed by atoms with Gasteiger partial charge in [-0.15, -0.1) is 23.5 Å². The number of nitro groups is 2. The molecule has 6 aliphatic rings. The van der Waals surface area contributed by atoms with E-state index in [1.165, 1.54) is 119 Å². The van der Waals surface area contributed by atoms with Crippen LogP contribution in [0.4, 0.5) is 77.4 Å². The van der Waals surface area contributed by atoms with Gasteiger partial charge in [-0.05, 0) is 197 Å². The molecule has 0 aliphatic carbocycles. The van der Waals surface area contributed by atoms with E-state index in [2.05, 4.69) is 39.8 Å². The van der Waals surface area contributed by atoms with Gasteiger partial charge in [-0.3, -0.25) is 30.0 Å². The fourth-order valence-electron chi connectivity index (χ4n) is 19.9.